The summed E-state index contributed by atoms with van der Waals surface area (Å²) in [5.74, 6) is 0.143. The molecule has 0 fully saturated rings. The van der Waals surface area contributed by atoms with Crippen LogP contribution in [0.3, 0.4) is 0 Å². The van der Waals surface area contributed by atoms with Crippen LogP contribution in [0.1, 0.15) is 5.89 Å². The summed E-state index contributed by atoms with van der Waals surface area (Å²) < 4.78 is 7.56. The number of oxazole rings is 1. The fraction of sp³-hybridized carbons (Fsp3) is 0. The Hall–Kier alpha value is -3.71. The minimum Gasteiger partial charge on any atom is -0.437 e. The van der Waals surface area contributed by atoms with E-state index in [1.54, 1.807) is 17.4 Å². The largest absolute Gasteiger partial charge is 0.437 e. The fourth-order valence-corrected chi connectivity index (χ4v) is 3.58. The van der Waals surface area contributed by atoms with Gasteiger partial charge in [-0.3, -0.25) is 9.20 Å². The normalized spacial score (nSPS) is 11.6. The average Bonchev–Trinajstić information content (AvgIpc) is 3.41. The number of rotatable bonds is 4. The average molecular weight is 386 g/mol. The topological polar surface area (TPSA) is 72.4 Å². The summed E-state index contributed by atoms with van der Waals surface area (Å²) in [6.45, 7) is 0. The van der Waals surface area contributed by atoms with Crippen LogP contribution in [0.5, 0.6) is 0 Å². The van der Waals surface area contributed by atoms with Gasteiger partial charge in [-0.25, -0.2) is 9.97 Å². The van der Waals surface area contributed by atoms with E-state index in [2.05, 4.69) is 15.3 Å². The van der Waals surface area contributed by atoms with Gasteiger partial charge >= 0.3 is 0 Å². The highest BCUT2D eigenvalue weighted by Crippen LogP contribution is 2.23. The minimum atomic E-state index is -0.252. The molecule has 0 radical (unpaired) electrons. The monoisotopic (exact) mass is 386 g/mol. The number of nitrogens with one attached hydrogen (secondary N) is 1. The number of hydrogen-bond acceptors (Lipinski definition) is 5. The van der Waals surface area contributed by atoms with Crippen LogP contribution in [0.4, 0.5) is 5.69 Å². The molecule has 3 aromatic heterocycles. The first-order chi connectivity index (χ1) is 13.7. The summed E-state index contributed by atoms with van der Waals surface area (Å²) in [7, 11) is 0. The molecule has 0 aliphatic rings. The Balaban J connectivity index is 1.27. The Labute approximate surface area is 163 Å². The molecule has 0 unspecified atom stereocenters. The van der Waals surface area contributed by atoms with E-state index >= 15 is 0 Å². The maximum Gasteiger partial charge on any atom is 0.248 e. The van der Waals surface area contributed by atoms with Gasteiger partial charge in [0.1, 0.15) is 5.52 Å². The second-order valence-electron chi connectivity index (χ2n) is 6.14. The van der Waals surface area contributed by atoms with Crippen molar-refractivity contribution < 1.29 is 9.21 Å². The molecular weight excluding hydrogens is 372 g/mol. The van der Waals surface area contributed by atoms with Gasteiger partial charge < -0.3 is 9.73 Å². The molecule has 28 heavy (non-hydrogen) atoms. The smallest absolute Gasteiger partial charge is 0.248 e. The molecule has 2 aromatic carbocycles. The maximum absolute atomic E-state index is 12.2. The first kappa shape index (κ1) is 16.5. The van der Waals surface area contributed by atoms with Crippen molar-refractivity contribution in [2.75, 3.05) is 5.32 Å². The van der Waals surface area contributed by atoms with E-state index in [1.165, 1.54) is 6.08 Å². The van der Waals surface area contributed by atoms with Crippen molar-refractivity contribution in [1.29, 1.82) is 0 Å². The van der Waals surface area contributed by atoms with Crippen LogP contribution in [-0.2, 0) is 4.79 Å². The minimum absolute atomic E-state index is 0.252. The van der Waals surface area contributed by atoms with Crippen molar-refractivity contribution >= 4 is 45.1 Å². The molecule has 7 heteroatoms. The van der Waals surface area contributed by atoms with Crippen molar-refractivity contribution in [1.82, 2.24) is 14.4 Å². The van der Waals surface area contributed by atoms with E-state index in [4.69, 9.17) is 4.42 Å². The van der Waals surface area contributed by atoms with Gasteiger partial charge in [-0.1, -0.05) is 24.3 Å². The van der Waals surface area contributed by atoms with Gasteiger partial charge in [0.05, 0.1) is 5.69 Å². The van der Waals surface area contributed by atoms with Gasteiger partial charge in [0.15, 0.2) is 10.5 Å². The predicted molar refractivity (Wildman–Crippen MR) is 110 cm³/mol. The molecule has 136 valence electrons. The van der Waals surface area contributed by atoms with Gasteiger partial charge in [-0.15, -0.1) is 11.3 Å². The van der Waals surface area contributed by atoms with E-state index < -0.39 is 0 Å². The first-order valence-electron chi connectivity index (χ1n) is 8.62. The predicted octanol–water partition coefficient (Wildman–Crippen LogP) is 4.86. The van der Waals surface area contributed by atoms with Crippen LogP contribution in [0.25, 0.3) is 33.4 Å². The molecule has 3 heterocycles. The van der Waals surface area contributed by atoms with E-state index in [0.29, 0.717) is 17.2 Å². The van der Waals surface area contributed by atoms with Gasteiger partial charge in [-0.2, -0.15) is 0 Å². The van der Waals surface area contributed by atoms with Crippen molar-refractivity contribution in [3.05, 3.63) is 78.3 Å². The van der Waals surface area contributed by atoms with Gasteiger partial charge in [0.25, 0.3) is 0 Å². The Morgan fingerprint density at radius 1 is 1.11 bits per heavy atom. The number of benzene rings is 2. The Bertz CT molecular complexity index is 1250. The third-order valence-corrected chi connectivity index (χ3v) is 5.00. The number of nitrogens with zero attached hydrogens (tertiary/aromatic N) is 3. The van der Waals surface area contributed by atoms with E-state index in [9.17, 15) is 4.79 Å². The molecule has 1 N–H and O–H groups in total. The van der Waals surface area contributed by atoms with Crippen molar-refractivity contribution in [2.45, 2.75) is 0 Å². The highest BCUT2D eigenvalue weighted by atomic mass is 32.1. The Morgan fingerprint density at radius 3 is 2.79 bits per heavy atom. The molecule has 0 aliphatic carbocycles. The molecule has 1 amide bonds. The number of hydrogen-bond donors (Lipinski definition) is 1. The van der Waals surface area contributed by atoms with E-state index in [1.807, 2.05) is 70.7 Å². The quantitative estimate of drug-likeness (QED) is 0.448. The first-order valence-corrected chi connectivity index (χ1v) is 9.50. The number of fused-ring (bicyclic) bond motifs is 2. The third kappa shape index (κ3) is 3.19. The number of imidazole rings is 1. The molecular formula is C21H14N4O2S. The number of thiazole rings is 1. The lowest BCUT2D eigenvalue weighted by atomic mass is 10.1. The summed E-state index contributed by atoms with van der Waals surface area (Å²) in [5, 5.41) is 4.83. The summed E-state index contributed by atoms with van der Waals surface area (Å²) in [4.78, 5) is 22.0. The molecule has 5 rings (SSSR count). The van der Waals surface area contributed by atoms with Crippen molar-refractivity contribution in [3.8, 4) is 11.3 Å². The number of amides is 1. The van der Waals surface area contributed by atoms with Crippen LogP contribution in [-0.4, -0.2) is 20.3 Å². The second-order valence-corrected chi connectivity index (χ2v) is 7.01. The summed E-state index contributed by atoms with van der Waals surface area (Å²) >= 11 is 1.59. The van der Waals surface area contributed by atoms with Crippen LogP contribution >= 0.6 is 11.3 Å². The number of para-hydroxylation sites is 2. The van der Waals surface area contributed by atoms with Crippen LogP contribution < -0.4 is 5.32 Å². The molecule has 0 aliphatic heterocycles. The zero-order valence-corrected chi connectivity index (χ0v) is 15.4. The van der Waals surface area contributed by atoms with Crippen LogP contribution in [0.2, 0.25) is 0 Å². The Morgan fingerprint density at radius 2 is 1.96 bits per heavy atom. The van der Waals surface area contributed by atoms with Crippen molar-refractivity contribution in [3.63, 3.8) is 0 Å². The summed E-state index contributed by atoms with van der Waals surface area (Å²) in [6, 6.07) is 15.1. The van der Waals surface area contributed by atoms with E-state index in [0.717, 1.165) is 21.7 Å². The molecule has 6 nitrogen and oxygen atoms in total. The standard InChI is InChI=1S/C21H14N4O2S/c26-19(9-10-20-23-16-3-1-2-4-18(16)27-20)22-15-7-5-14(6-8-15)17-13-25-11-12-28-21(25)24-17/h1-13H,(H,22,26)/b10-9+. The lowest BCUT2D eigenvalue weighted by molar-refractivity contribution is -0.111. The molecule has 5 aromatic rings. The summed E-state index contributed by atoms with van der Waals surface area (Å²) in [6.07, 6.45) is 6.93. The lowest BCUT2D eigenvalue weighted by Crippen LogP contribution is -2.07. The SMILES string of the molecule is O=C(/C=C/c1nc2ccccc2o1)Nc1ccc(-c2cn3ccsc3n2)cc1. The number of aromatic nitrogens is 3. The molecule has 0 bridgehead atoms. The number of carbonyl (C=O) groups excluding carboxylic acids is 1. The summed E-state index contributed by atoms with van der Waals surface area (Å²) in [5.41, 5.74) is 4.06. The molecule has 0 atom stereocenters. The van der Waals surface area contributed by atoms with Gasteiger partial charge in [0.2, 0.25) is 11.8 Å². The lowest BCUT2D eigenvalue weighted by Gasteiger charge is -2.03. The zero-order valence-electron chi connectivity index (χ0n) is 14.6. The molecule has 0 spiro atoms. The number of carbonyl (C=O) groups is 1. The van der Waals surface area contributed by atoms with Crippen molar-refractivity contribution in [2.24, 2.45) is 0 Å². The van der Waals surface area contributed by atoms with Gasteiger partial charge in [-0.05, 0) is 24.3 Å². The highest BCUT2D eigenvalue weighted by Gasteiger charge is 2.06. The van der Waals surface area contributed by atoms with E-state index in [-0.39, 0.29) is 5.91 Å². The third-order valence-electron chi connectivity index (χ3n) is 4.23. The van der Waals surface area contributed by atoms with Gasteiger partial charge in [0, 0.05) is 41.2 Å². The second kappa shape index (κ2) is 6.79. The van der Waals surface area contributed by atoms with Crippen LogP contribution in [0.15, 0.2) is 76.8 Å². The fourth-order valence-electron chi connectivity index (χ4n) is 2.88. The highest BCUT2D eigenvalue weighted by molar-refractivity contribution is 7.15. The Kier molecular flexibility index (Phi) is 3.99. The van der Waals surface area contributed by atoms with Crippen LogP contribution in [0, 0.1) is 0 Å². The number of anilines is 1. The molecule has 0 saturated carbocycles. The molecule has 0 saturated heterocycles. The zero-order chi connectivity index (χ0) is 18.9. The maximum atomic E-state index is 12.2.